The number of piperidine rings is 1. The predicted molar refractivity (Wildman–Crippen MR) is 79.0 cm³/mol. The van der Waals surface area contributed by atoms with Crippen molar-refractivity contribution in [1.82, 2.24) is 5.32 Å². The third-order valence-corrected chi connectivity index (χ3v) is 3.86. The molecule has 0 saturated carbocycles. The van der Waals surface area contributed by atoms with Gasteiger partial charge in [0.2, 0.25) is 0 Å². The second-order valence-electron chi connectivity index (χ2n) is 7.12. The van der Waals surface area contributed by atoms with Gasteiger partial charge in [0, 0.05) is 16.6 Å². The number of nitrogens with two attached hydrogens (primary N) is 2. The molecule has 1 saturated heterocycles. The van der Waals surface area contributed by atoms with Crippen LogP contribution in [0.15, 0.2) is 10.5 Å². The molecule has 21 heavy (non-hydrogen) atoms. The largest absolute Gasteiger partial charge is 0.445 e. The molecule has 5 N–H and O–H groups in total. The van der Waals surface area contributed by atoms with Crippen LogP contribution in [0.5, 0.6) is 0 Å². The highest BCUT2D eigenvalue weighted by atomic mass is 16.4. The van der Waals surface area contributed by atoms with Crippen LogP contribution in [-0.2, 0) is 0 Å². The van der Waals surface area contributed by atoms with E-state index in [0.29, 0.717) is 5.56 Å². The third-order valence-electron chi connectivity index (χ3n) is 3.86. The van der Waals surface area contributed by atoms with Gasteiger partial charge in [0.25, 0.3) is 11.8 Å². The molecular weight excluding hydrogens is 270 g/mol. The number of rotatable bonds is 3. The molecule has 0 aromatic carbocycles. The standard InChI is InChI=1S/C15H23N3O3/c1-14(2)6-8(7-15(3,4)18-14)9-5-10(12(16)19)21-11(9)13(17)20/h5,8,18H,6-7H2,1-4H3,(H2,16,19)(H2,17,20). The summed E-state index contributed by atoms with van der Waals surface area (Å²) in [5, 5.41) is 3.57. The minimum atomic E-state index is -0.698. The first-order chi connectivity index (χ1) is 9.51. The average molecular weight is 293 g/mol. The van der Waals surface area contributed by atoms with Crippen molar-refractivity contribution in [2.75, 3.05) is 0 Å². The Labute approximate surface area is 124 Å². The van der Waals surface area contributed by atoms with Crippen LogP contribution < -0.4 is 16.8 Å². The van der Waals surface area contributed by atoms with Crippen molar-refractivity contribution in [3.8, 4) is 0 Å². The van der Waals surface area contributed by atoms with E-state index in [4.69, 9.17) is 15.9 Å². The number of furan rings is 1. The van der Waals surface area contributed by atoms with Crippen LogP contribution in [0.25, 0.3) is 0 Å². The SMILES string of the molecule is CC1(C)CC(c2cc(C(N)=O)oc2C(N)=O)CC(C)(C)N1. The molecule has 6 nitrogen and oxygen atoms in total. The van der Waals surface area contributed by atoms with Gasteiger partial charge in [-0.2, -0.15) is 0 Å². The topological polar surface area (TPSA) is 111 Å². The molecule has 1 aromatic heterocycles. The highest BCUT2D eigenvalue weighted by Crippen LogP contribution is 2.41. The normalized spacial score (nSPS) is 21.1. The van der Waals surface area contributed by atoms with E-state index in [1.807, 2.05) is 0 Å². The van der Waals surface area contributed by atoms with Crippen molar-refractivity contribution in [3.63, 3.8) is 0 Å². The Morgan fingerprint density at radius 1 is 1.14 bits per heavy atom. The van der Waals surface area contributed by atoms with Gasteiger partial charge in [0.1, 0.15) is 0 Å². The summed E-state index contributed by atoms with van der Waals surface area (Å²) in [6.07, 6.45) is 1.63. The van der Waals surface area contributed by atoms with Gasteiger partial charge in [-0.05, 0) is 52.5 Å². The van der Waals surface area contributed by atoms with E-state index in [9.17, 15) is 9.59 Å². The van der Waals surface area contributed by atoms with Crippen LogP contribution in [0.3, 0.4) is 0 Å². The monoisotopic (exact) mass is 293 g/mol. The highest BCUT2D eigenvalue weighted by Gasteiger charge is 2.40. The van der Waals surface area contributed by atoms with Gasteiger partial charge in [-0.15, -0.1) is 0 Å². The van der Waals surface area contributed by atoms with Crippen LogP contribution in [0.4, 0.5) is 0 Å². The fourth-order valence-corrected chi connectivity index (χ4v) is 3.56. The third kappa shape index (κ3) is 3.26. The van der Waals surface area contributed by atoms with Crippen molar-refractivity contribution in [3.05, 3.63) is 23.2 Å². The molecule has 6 heteroatoms. The second kappa shape index (κ2) is 4.87. The lowest BCUT2D eigenvalue weighted by Crippen LogP contribution is -2.57. The lowest BCUT2D eigenvalue weighted by atomic mass is 9.73. The molecule has 2 amide bonds. The van der Waals surface area contributed by atoms with Crippen LogP contribution in [0.2, 0.25) is 0 Å². The Kier molecular flexibility index (Phi) is 3.61. The molecule has 0 radical (unpaired) electrons. The number of hydrogen-bond donors (Lipinski definition) is 3. The summed E-state index contributed by atoms with van der Waals surface area (Å²) in [5.74, 6) is -1.27. The van der Waals surface area contributed by atoms with E-state index in [-0.39, 0.29) is 28.5 Å². The summed E-state index contributed by atoms with van der Waals surface area (Å²) in [5.41, 5.74) is 11.1. The number of nitrogens with one attached hydrogen (secondary N) is 1. The molecule has 1 aromatic rings. The van der Waals surface area contributed by atoms with E-state index >= 15 is 0 Å². The Morgan fingerprint density at radius 2 is 1.67 bits per heavy atom. The van der Waals surface area contributed by atoms with Crippen LogP contribution in [0.1, 0.15) is 73.1 Å². The van der Waals surface area contributed by atoms with Gasteiger partial charge in [-0.25, -0.2) is 0 Å². The summed E-state index contributed by atoms with van der Waals surface area (Å²) in [6, 6.07) is 1.56. The molecule has 0 unspecified atom stereocenters. The van der Waals surface area contributed by atoms with Gasteiger partial charge in [-0.1, -0.05) is 0 Å². The first-order valence-electron chi connectivity index (χ1n) is 7.03. The number of amides is 2. The molecular formula is C15H23N3O3. The van der Waals surface area contributed by atoms with Crippen molar-refractivity contribution < 1.29 is 14.0 Å². The van der Waals surface area contributed by atoms with E-state index in [0.717, 1.165) is 12.8 Å². The molecule has 0 aliphatic carbocycles. The summed E-state index contributed by atoms with van der Waals surface area (Å²) < 4.78 is 5.26. The first kappa shape index (κ1) is 15.6. The zero-order chi connectivity index (χ0) is 16.0. The van der Waals surface area contributed by atoms with E-state index in [2.05, 4.69) is 33.0 Å². The smallest absolute Gasteiger partial charge is 0.284 e. The van der Waals surface area contributed by atoms with E-state index in [1.54, 1.807) is 6.07 Å². The lowest BCUT2D eigenvalue weighted by Gasteiger charge is -2.46. The van der Waals surface area contributed by atoms with E-state index < -0.39 is 11.8 Å². The van der Waals surface area contributed by atoms with Crippen molar-refractivity contribution in [2.24, 2.45) is 11.5 Å². The molecule has 1 aliphatic heterocycles. The van der Waals surface area contributed by atoms with Gasteiger partial charge in [0.05, 0.1) is 0 Å². The van der Waals surface area contributed by atoms with Crippen LogP contribution >= 0.6 is 0 Å². The molecule has 116 valence electrons. The minimum Gasteiger partial charge on any atom is -0.445 e. The maximum atomic E-state index is 11.6. The number of carbonyl (C=O) groups is 2. The molecule has 0 atom stereocenters. The van der Waals surface area contributed by atoms with Gasteiger partial charge >= 0.3 is 0 Å². The highest BCUT2D eigenvalue weighted by molar-refractivity contribution is 5.95. The quantitative estimate of drug-likeness (QED) is 0.784. The zero-order valence-electron chi connectivity index (χ0n) is 12.9. The number of carbonyl (C=O) groups excluding carboxylic acids is 2. The summed E-state index contributed by atoms with van der Waals surface area (Å²) in [6.45, 7) is 8.44. The Bertz CT molecular complexity index is 571. The Hall–Kier alpha value is -1.82. The van der Waals surface area contributed by atoms with Crippen molar-refractivity contribution in [1.29, 1.82) is 0 Å². The van der Waals surface area contributed by atoms with Gasteiger partial charge < -0.3 is 21.2 Å². The molecule has 0 bridgehead atoms. The minimum absolute atomic E-state index is 0.0204. The molecule has 1 aliphatic rings. The van der Waals surface area contributed by atoms with Crippen LogP contribution in [-0.4, -0.2) is 22.9 Å². The number of hydrogen-bond acceptors (Lipinski definition) is 4. The van der Waals surface area contributed by atoms with Gasteiger partial charge in [0.15, 0.2) is 11.5 Å². The van der Waals surface area contributed by atoms with Crippen molar-refractivity contribution in [2.45, 2.75) is 57.5 Å². The summed E-state index contributed by atoms with van der Waals surface area (Å²) >= 11 is 0. The zero-order valence-corrected chi connectivity index (χ0v) is 12.9. The Balaban J connectivity index is 2.45. The van der Waals surface area contributed by atoms with Crippen molar-refractivity contribution >= 4 is 11.8 Å². The summed E-state index contributed by atoms with van der Waals surface area (Å²) in [7, 11) is 0. The molecule has 1 fully saturated rings. The fraction of sp³-hybridized carbons (Fsp3) is 0.600. The summed E-state index contributed by atoms with van der Waals surface area (Å²) in [4.78, 5) is 22.9. The first-order valence-corrected chi connectivity index (χ1v) is 7.03. The number of primary amides is 2. The molecule has 0 spiro atoms. The van der Waals surface area contributed by atoms with Gasteiger partial charge in [-0.3, -0.25) is 9.59 Å². The average Bonchev–Trinajstić information content (AvgIpc) is 2.69. The maximum Gasteiger partial charge on any atom is 0.284 e. The lowest BCUT2D eigenvalue weighted by molar-refractivity contribution is 0.0947. The predicted octanol–water partition coefficient (Wildman–Crippen LogP) is 1.50. The Morgan fingerprint density at radius 3 is 2.10 bits per heavy atom. The molecule has 2 heterocycles. The van der Waals surface area contributed by atoms with E-state index in [1.165, 1.54) is 0 Å². The molecule has 2 rings (SSSR count). The maximum absolute atomic E-state index is 11.6. The second-order valence-corrected chi connectivity index (χ2v) is 7.12. The fourth-order valence-electron chi connectivity index (χ4n) is 3.56. The van der Waals surface area contributed by atoms with Crippen LogP contribution in [0, 0.1) is 0 Å².